The number of carboxylic acid groups (broad SMARTS) is 1. The zero-order valence-electron chi connectivity index (χ0n) is 9.93. The van der Waals surface area contributed by atoms with Gasteiger partial charge in [0.05, 0.1) is 18.4 Å². The second-order valence-corrected chi connectivity index (χ2v) is 4.84. The Hall–Kier alpha value is -1.89. The van der Waals surface area contributed by atoms with Crippen molar-refractivity contribution in [2.75, 3.05) is 7.11 Å². The Morgan fingerprint density at radius 3 is 2.56 bits per heavy atom. The van der Waals surface area contributed by atoms with Crippen LogP contribution in [-0.2, 0) is 14.3 Å². The zero-order chi connectivity index (χ0) is 13.7. The minimum Gasteiger partial charge on any atom is -0.480 e. The molecule has 0 aliphatic rings. The summed E-state index contributed by atoms with van der Waals surface area (Å²) in [5, 5.41) is 11.2. The fourth-order valence-electron chi connectivity index (χ4n) is 1.24. The smallest absolute Gasteiger partial charge is 0.326 e. The van der Waals surface area contributed by atoms with Gasteiger partial charge in [-0.2, -0.15) is 0 Å². The van der Waals surface area contributed by atoms with Crippen molar-refractivity contribution in [3.05, 3.63) is 21.9 Å². The highest BCUT2D eigenvalue weighted by Gasteiger charge is 2.24. The van der Waals surface area contributed by atoms with E-state index in [0.717, 1.165) is 12.0 Å². The molecule has 2 N–H and O–H groups in total. The second-order valence-electron chi connectivity index (χ2n) is 3.55. The van der Waals surface area contributed by atoms with E-state index >= 15 is 0 Å². The number of carbonyl (C=O) groups excluding carboxylic acids is 2. The van der Waals surface area contributed by atoms with Crippen LogP contribution in [0.1, 0.15) is 21.0 Å². The molecule has 98 valence electrons. The van der Waals surface area contributed by atoms with E-state index < -0.39 is 30.3 Å². The number of nitrogens with one attached hydrogen (secondary N) is 1. The first-order valence-electron chi connectivity index (χ1n) is 5.11. The third kappa shape index (κ3) is 3.85. The third-order valence-corrected chi connectivity index (χ3v) is 3.17. The number of thiophene rings is 1. The van der Waals surface area contributed by atoms with Crippen molar-refractivity contribution in [1.82, 2.24) is 5.32 Å². The van der Waals surface area contributed by atoms with Gasteiger partial charge in [0.2, 0.25) is 0 Å². The Bertz CT molecular complexity index is 468. The fraction of sp³-hybridized carbons (Fsp3) is 0.364. The number of ether oxygens (including phenoxy) is 1. The number of carboxylic acids is 1. The lowest BCUT2D eigenvalue weighted by atomic mass is 10.2. The van der Waals surface area contributed by atoms with Gasteiger partial charge in [-0.3, -0.25) is 9.59 Å². The number of aryl methyl sites for hydroxylation is 1. The number of aliphatic carboxylic acids is 1. The van der Waals surface area contributed by atoms with Gasteiger partial charge in [-0.15, -0.1) is 11.3 Å². The van der Waals surface area contributed by atoms with Crippen molar-refractivity contribution >= 4 is 29.2 Å². The molecule has 18 heavy (non-hydrogen) atoms. The standard InChI is InChI=1S/C11H13NO5S/c1-6-3-4-8(18-6)10(14)12-7(11(15)16)5-9(13)17-2/h3-4,7H,5H2,1-2H3,(H,12,14)(H,15,16). The Morgan fingerprint density at radius 1 is 1.44 bits per heavy atom. The van der Waals surface area contributed by atoms with Gasteiger partial charge in [0.25, 0.3) is 5.91 Å². The fourth-order valence-corrected chi connectivity index (χ4v) is 2.01. The van der Waals surface area contributed by atoms with Crippen molar-refractivity contribution < 1.29 is 24.2 Å². The molecular weight excluding hydrogens is 258 g/mol. The number of carbonyl (C=O) groups is 3. The van der Waals surface area contributed by atoms with E-state index in [1.54, 1.807) is 12.1 Å². The summed E-state index contributed by atoms with van der Waals surface area (Å²) in [6.07, 6.45) is -0.401. The molecule has 1 aromatic rings. The van der Waals surface area contributed by atoms with Crippen LogP contribution in [0.25, 0.3) is 0 Å². The SMILES string of the molecule is COC(=O)CC(NC(=O)c1ccc(C)s1)C(=O)O. The highest BCUT2D eigenvalue weighted by Crippen LogP contribution is 2.15. The van der Waals surface area contributed by atoms with Crippen LogP contribution in [0.4, 0.5) is 0 Å². The summed E-state index contributed by atoms with van der Waals surface area (Å²) in [6, 6.07) is 2.08. The molecule has 1 aromatic heterocycles. The molecule has 0 aliphatic heterocycles. The lowest BCUT2D eigenvalue weighted by Crippen LogP contribution is -2.42. The average Bonchev–Trinajstić information content (AvgIpc) is 2.74. The van der Waals surface area contributed by atoms with Gasteiger partial charge in [0.1, 0.15) is 6.04 Å². The predicted octanol–water partition coefficient (Wildman–Crippen LogP) is 0.803. The van der Waals surface area contributed by atoms with Crippen LogP contribution < -0.4 is 5.32 Å². The lowest BCUT2D eigenvalue weighted by molar-refractivity contribution is -0.147. The summed E-state index contributed by atoms with van der Waals surface area (Å²) in [7, 11) is 1.16. The van der Waals surface area contributed by atoms with Crippen LogP contribution in [0.2, 0.25) is 0 Å². The van der Waals surface area contributed by atoms with Gasteiger partial charge < -0.3 is 15.2 Å². The Labute approximate surface area is 108 Å². The molecule has 0 bridgehead atoms. The van der Waals surface area contributed by atoms with Gasteiger partial charge in [-0.1, -0.05) is 0 Å². The maximum Gasteiger partial charge on any atom is 0.326 e. The maximum absolute atomic E-state index is 11.7. The van der Waals surface area contributed by atoms with E-state index in [-0.39, 0.29) is 0 Å². The summed E-state index contributed by atoms with van der Waals surface area (Å²) >= 11 is 1.25. The molecule has 0 fully saturated rings. The molecule has 0 aromatic carbocycles. The highest BCUT2D eigenvalue weighted by atomic mass is 32.1. The normalized spacial score (nSPS) is 11.7. The average molecular weight is 271 g/mol. The van der Waals surface area contributed by atoms with Gasteiger partial charge in [-0.25, -0.2) is 4.79 Å². The predicted molar refractivity (Wildman–Crippen MR) is 64.6 cm³/mol. The van der Waals surface area contributed by atoms with Crippen LogP contribution in [0.3, 0.4) is 0 Å². The van der Waals surface area contributed by atoms with Gasteiger partial charge in [0.15, 0.2) is 0 Å². The molecule has 0 radical (unpaired) electrons. The van der Waals surface area contributed by atoms with Crippen molar-refractivity contribution in [3.8, 4) is 0 Å². The molecule has 6 nitrogen and oxygen atoms in total. The maximum atomic E-state index is 11.7. The summed E-state index contributed by atoms with van der Waals surface area (Å²) in [4.78, 5) is 35.0. The number of rotatable bonds is 5. The second kappa shape index (κ2) is 6.15. The molecule has 1 amide bonds. The molecule has 0 aliphatic carbocycles. The molecule has 0 saturated heterocycles. The number of hydrogen-bond acceptors (Lipinski definition) is 5. The Kier molecular flexibility index (Phi) is 4.85. The van der Waals surface area contributed by atoms with E-state index in [1.807, 2.05) is 6.92 Å². The van der Waals surface area contributed by atoms with Crippen molar-refractivity contribution in [2.45, 2.75) is 19.4 Å². The van der Waals surface area contributed by atoms with E-state index in [4.69, 9.17) is 5.11 Å². The van der Waals surface area contributed by atoms with Crippen LogP contribution in [0.15, 0.2) is 12.1 Å². The number of esters is 1. The van der Waals surface area contributed by atoms with Crippen LogP contribution in [-0.4, -0.2) is 36.1 Å². The molecule has 1 rings (SSSR count). The minimum absolute atomic E-state index is 0.401. The molecule has 0 saturated carbocycles. The van der Waals surface area contributed by atoms with Crippen molar-refractivity contribution in [2.24, 2.45) is 0 Å². The monoisotopic (exact) mass is 271 g/mol. The summed E-state index contributed by atoms with van der Waals surface area (Å²) in [5.74, 6) is -2.48. The molecule has 1 unspecified atom stereocenters. The van der Waals surface area contributed by atoms with E-state index in [0.29, 0.717) is 4.88 Å². The Morgan fingerprint density at radius 2 is 2.11 bits per heavy atom. The lowest BCUT2D eigenvalue weighted by Gasteiger charge is -2.12. The topological polar surface area (TPSA) is 92.7 Å². The van der Waals surface area contributed by atoms with Crippen LogP contribution in [0.5, 0.6) is 0 Å². The number of hydrogen-bond donors (Lipinski definition) is 2. The van der Waals surface area contributed by atoms with E-state index in [2.05, 4.69) is 10.1 Å². The quantitative estimate of drug-likeness (QED) is 0.773. The Balaban J connectivity index is 2.69. The van der Waals surface area contributed by atoms with Gasteiger partial charge >= 0.3 is 11.9 Å². The van der Waals surface area contributed by atoms with Gasteiger partial charge in [0, 0.05) is 4.88 Å². The van der Waals surface area contributed by atoms with Crippen molar-refractivity contribution in [3.63, 3.8) is 0 Å². The summed E-state index contributed by atoms with van der Waals surface area (Å²) in [5.41, 5.74) is 0. The summed E-state index contributed by atoms with van der Waals surface area (Å²) in [6.45, 7) is 1.84. The molecular formula is C11H13NO5S. The van der Waals surface area contributed by atoms with E-state index in [9.17, 15) is 14.4 Å². The molecule has 1 atom stereocenters. The molecule has 7 heteroatoms. The molecule has 1 heterocycles. The zero-order valence-corrected chi connectivity index (χ0v) is 10.7. The van der Waals surface area contributed by atoms with Crippen molar-refractivity contribution in [1.29, 1.82) is 0 Å². The molecule has 0 spiro atoms. The van der Waals surface area contributed by atoms with E-state index in [1.165, 1.54) is 11.3 Å². The highest BCUT2D eigenvalue weighted by molar-refractivity contribution is 7.13. The number of amides is 1. The summed E-state index contributed by atoms with van der Waals surface area (Å²) < 4.78 is 4.37. The minimum atomic E-state index is -1.28. The first kappa shape index (κ1) is 14.2. The van der Waals surface area contributed by atoms with Crippen LogP contribution in [0, 0.1) is 6.92 Å². The first-order valence-corrected chi connectivity index (χ1v) is 5.92. The van der Waals surface area contributed by atoms with Gasteiger partial charge in [-0.05, 0) is 19.1 Å². The van der Waals surface area contributed by atoms with Crippen LogP contribution >= 0.6 is 11.3 Å². The largest absolute Gasteiger partial charge is 0.480 e. The first-order chi connectivity index (χ1) is 8.43. The third-order valence-electron chi connectivity index (χ3n) is 2.17. The number of methoxy groups -OCH3 is 1.